The highest BCUT2D eigenvalue weighted by Gasteiger charge is 2.31. The molecular formula is C23H23NO3S3. The number of hydrogen-bond acceptors (Lipinski definition) is 5. The number of aryl methyl sites for hydroxylation is 2. The van der Waals surface area contributed by atoms with Crippen LogP contribution in [0.2, 0.25) is 0 Å². The average Bonchev–Trinajstić information content (AvgIpc) is 3.15. The normalized spacial score (nSPS) is 14.1. The molecule has 0 saturated heterocycles. The molecule has 2 heterocycles. The van der Waals surface area contributed by atoms with E-state index in [1.807, 2.05) is 43.3 Å². The summed E-state index contributed by atoms with van der Waals surface area (Å²) in [5.74, 6) is 0.754. The Morgan fingerprint density at radius 2 is 1.83 bits per heavy atom. The Bertz CT molecular complexity index is 1190. The first kappa shape index (κ1) is 21.2. The quantitative estimate of drug-likeness (QED) is 0.575. The Hall–Kier alpha value is -2.09. The first-order valence-corrected chi connectivity index (χ1v) is 13.5. The molecule has 30 heavy (non-hydrogen) atoms. The molecule has 1 aromatic heterocycles. The third kappa shape index (κ3) is 4.33. The van der Waals surface area contributed by atoms with Crippen molar-refractivity contribution in [2.45, 2.75) is 30.5 Å². The zero-order chi connectivity index (χ0) is 21.3. The molecule has 1 N–H and O–H groups in total. The topological polar surface area (TPSA) is 63.2 Å². The number of carbonyl (C=O) groups excluding carboxylic acids is 1. The van der Waals surface area contributed by atoms with Crippen LogP contribution in [-0.4, -0.2) is 26.3 Å². The molecule has 0 bridgehead atoms. The minimum atomic E-state index is -3.39. The lowest BCUT2D eigenvalue weighted by Gasteiger charge is -2.17. The highest BCUT2D eigenvalue weighted by molar-refractivity contribution is 7.98. The highest BCUT2D eigenvalue weighted by Crippen LogP contribution is 2.43. The number of nitrogens with one attached hydrogen (secondary N) is 1. The number of thioether (sulfide) groups is 1. The van der Waals surface area contributed by atoms with E-state index in [-0.39, 0.29) is 11.7 Å². The molecule has 0 spiro atoms. The van der Waals surface area contributed by atoms with Crippen LogP contribution in [-0.2, 0) is 28.6 Å². The van der Waals surface area contributed by atoms with Crippen molar-refractivity contribution in [3.05, 3.63) is 75.7 Å². The standard InChI is InChI=1S/C23H23NO3S3/c1-15-3-5-17(6-4-15)13-24-23(25)20-12-18-14-30(26,27)21-8-7-16(9-10-28-2)11-19(21)22(18)29-20/h3-8,11-12H,9-10,13-14H2,1-2H3,(H,24,25). The zero-order valence-electron chi connectivity index (χ0n) is 16.9. The summed E-state index contributed by atoms with van der Waals surface area (Å²) in [6, 6.07) is 15.4. The number of sulfone groups is 1. The van der Waals surface area contributed by atoms with Crippen LogP contribution in [0.15, 0.2) is 53.4 Å². The third-order valence-electron chi connectivity index (χ3n) is 5.17. The molecule has 0 aliphatic carbocycles. The van der Waals surface area contributed by atoms with E-state index in [9.17, 15) is 13.2 Å². The second kappa shape index (κ2) is 8.57. The van der Waals surface area contributed by atoms with Crippen molar-refractivity contribution in [1.29, 1.82) is 0 Å². The number of benzene rings is 2. The molecule has 0 unspecified atom stereocenters. The number of rotatable bonds is 6. The molecule has 4 nitrogen and oxygen atoms in total. The van der Waals surface area contributed by atoms with Crippen molar-refractivity contribution in [2.75, 3.05) is 12.0 Å². The van der Waals surface area contributed by atoms with Crippen molar-refractivity contribution >= 4 is 38.8 Å². The van der Waals surface area contributed by atoms with Gasteiger partial charge in [0.15, 0.2) is 9.84 Å². The molecule has 156 valence electrons. The van der Waals surface area contributed by atoms with Crippen LogP contribution in [0, 0.1) is 6.92 Å². The summed E-state index contributed by atoms with van der Waals surface area (Å²) >= 11 is 3.14. The summed E-state index contributed by atoms with van der Waals surface area (Å²) in [6.45, 7) is 2.46. The van der Waals surface area contributed by atoms with Crippen LogP contribution in [0.1, 0.15) is 31.9 Å². The van der Waals surface area contributed by atoms with Crippen LogP contribution in [0.5, 0.6) is 0 Å². The van der Waals surface area contributed by atoms with Gasteiger partial charge < -0.3 is 5.32 Å². The van der Waals surface area contributed by atoms with Gasteiger partial charge in [-0.2, -0.15) is 11.8 Å². The number of thiophene rings is 1. The number of hydrogen-bond donors (Lipinski definition) is 1. The maximum absolute atomic E-state index is 12.8. The summed E-state index contributed by atoms with van der Waals surface area (Å²) < 4.78 is 25.6. The van der Waals surface area contributed by atoms with Gasteiger partial charge in [-0.1, -0.05) is 35.9 Å². The molecule has 2 aromatic carbocycles. The van der Waals surface area contributed by atoms with Gasteiger partial charge in [-0.15, -0.1) is 11.3 Å². The van der Waals surface area contributed by atoms with Gasteiger partial charge in [0.05, 0.1) is 15.5 Å². The van der Waals surface area contributed by atoms with Gasteiger partial charge in [-0.3, -0.25) is 4.79 Å². The fourth-order valence-corrected chi connectivity index (χ4v) is 6.82. The molecule has 0 saturated carbocycles. The first-order chi connectivity index (χ1) is 14.4. The molecule has 1 aliphatic heterocycles. The van der Waals surface area contributed by atoms with E-state index in [4.69, 9.17) is 0 Å². The van der Waals surface area contributed by atoms with E-state index in [1.165, 1.54) is 16.9 Å². The van der Waals surface area contributed by atoms with Gasteiger partial charge in [0.1, 0.15) is 0 Å². The maximum atomic E-state index is 12.8. The van der Waals surface area contributed by atoms with Crippen molar-refractivity contribution in [3.63, 3.8) is 0 Å². The van der Waals surface area contributed by atoms with Gasteiger partial charge in [-0.25, -0.2) is 8.42 Å². The van der Waals surface area contributed by atoms with E-state index >= 15 is 0 Å². The smallest absolute Gasteiger partial charge is 0.261 e. The van der Waals surface area contributed by atoms with Crippen LogP contribution in [0.3, 0.4) is 0 Å². The van der Waals surface area contributed by atoms with Crippen LogP contribution in [0.4, 0.5) is 0 Å². The zero-order valence-corrected chi connectivity index (χ0v) is 19.3. The fraction of sp³-hybridized carbons (Fsp3) is 0.261. The maximum Gasteiger partial charge on any atom is 0.261 e. The lowest BCUT2D eigenvalue weighted by atomic mass is 10.0. The molecule has 4 rings (SSSR count). The van der Waals surface area contributed by atoms with Gasteiger partial charge in [0.25, 0.3) is 5.91 Å². The number of carbonyl (C=O) groups is 1. The molecule has 0 fully saturated rings. The second-order valence-corrected chi connectivity index (χ2v) is 11.5. The molecule has 1 amide bonds. The minimum Gasteiger partial charge on any atom is -0.347 e. The van der Waals surface area contributed by atoms with E-state index in [0.717, 1.165) is 39.3 Å². The molecule has 3 aromatic rings. The summed E-state index contributed by atoms with van der Waals surface area (Å²) in [5.41, 5.74) is 4.77. The van der Waals surface area contributed by atoms with Crippen LogP contribution in [0.25, 0.3) is 10.4 Å². The van der Waals surface area contributed by atoms with Crippen LogP contribution >= 0.6 is 23.1 Å². The Morgan fingerprint density at radius 1 is 1.10 bits per heavy atom. The van der Waals surface area contributed by atoms with Crippen LogP contribution < -0.4 is 5.32 Å². The number of fused-ring (bicyclic) bond motifs is 3. The van der Waals surface area contributed by atoms with E-state index in [2.05, 4.69) is 11.6 Å². The largest absolute Gasteiger partial charge is 0.347 e. The predicted octanol–water partition coefficient (Wildman–Crippen LogP) is 4.85. The van der Waals surface area contributed by atoms with Gasteiger partial charge in [0.2, 0.25) is 0 Å². The van der Waals surface area contributed by atoms with Crippen molar-refractivity contribution in [2.24, 2.45) is 0 Å². The molecule has 0 atom stereocenters. The van der Waals surface area contributed by atoms with Crippen molar-refractivity contribution in [1.82, 2.24) is 5.32 Å². The van der Waals surface area contributed by atoms with Gasteiger partial charge in [0, 0.05) is 17.0 Å². The molecular weight excluding hydrogens is 434 g/mol. The summed E-state index contributed by atoms with van der Waals surface area (Å²) in [7, 11) is -3.39. The Morgan fingerprint density at radius 3 is 2.57 bits per heavy atom. The van der Waals surface area contributed by atoms with Crippen molar-refractivity contribution in [3.8, 4) is 10.4 Å². The predicted molar refractivity (Wildman–Crippen MR) is 125 cm³/mol. The number of amides is 1. The first-order valence-electron chi connectivity index (χ1n) is 9.69. The van der Waals surface area contributed by atoms with Crippen molar-refractivity contribution < 1.29 is 13.2 Å². The van der Waals surface area contributed by atoms with E-state index in [1.54, 1.807) is 23.9 Å². The lowest BCUT2D eigenvalue weighted by Crippen LogP contribution is -2.21. The third-order valence-corrected chi connectivity index (χ3v) is 8.71. The highest BCUT2D eigenvalue weighted by atomic mass is 32.2. The van der Waals surface area contributed by atoms with Gasteiger partial charge in [-0.05, 0) is 60.2 Å². The fourth-order valence-electron chi connectivity index (χ4n) is 3.53. The average molecular weight is 458 g/mol. The van der Waals surface area contributed by atoms with Gasteiger partial charge >= 0.3 is 0 Å². The molecule has 1 aliphatic rings. The Labute approximate surface area is 185 Å². The lowest BCUT2D eigenvalue weighted by molar-refractivity contribution is 0.0955. The minimum absolute atomic E-state index is 0.0543. The monoisotopic (exact) mass is 457 g/mol. The SMILES string of the molecule is CSCCc1ccc2c(c1)-c1sc(C(=O)NCc3ccc(C)cc3)cc1CS2(=O)=O. The Balaban J connectivity index is 1.61. The summed E-state index contributed by atoms with van der Waals surface area (Å²) in [4.78, 5) is 14.5. The van der Waals surface area contributed by atoms with E-state index < -0.39 is 9.84 Å². The summed E-state index contributed by atoms with van der Waals surface area (Å²) in [5, 5.41) is 2.95. The second-order valence-electron chi connectivity index (χ2n) is 7.47. The summed E-state index contributed by atoms with van der Waals surface area (Å²) in [6.07, 6.45) is 2.95. The molecule has 7 heteroatoms. The Kier molecular flexibility index (Phi) is 6.04. The van der Waals surface area contributed by atoms with E-state index in [0.29, 0.717) is 16.3 Å². The molecule has 0 radical (unpaired) electrons.